The van der Waals surface area contributed by atoms with Crippen molar-refractivity contribution in [1.29, 1.82) is 0 Å². The largest absolute Gasteiger partial charge is 0.495 e. The molecule has 0 atom stereocenters. The lowest BCUT2D eigenvalue weighted by Crippen LogP contribution is -2.32. The van der Waals surface area contributed by atoms with Gasteiger partial charge in [-0.1, -0.05) is 18.2 Å². The number of nitrogens with zero attached hydrogens (tertiary/aromatic N) is 3. The van der Waals surface area contributed by atoms with E-state index in [1.54, 1.807) is 64.5 Å². The second kappa shape index (κ2) is 9.81. The molecular weight excluding hydrogens is 458 g/mol. The van der Waals surface area contributed by atoms with Crippen molar-refractivity contribution in [3.63, 3.8) is 0 Å². The summed E-state index contributed by atoms with van der Waals surface area (Å²) in [6.45, 7) is 7.33. The zero-order valence-corrected chi connectivity index (χ0v) is 21.1. The lowest BCUT2D eigenvalue weighted by molar-refractivity contribution is -0.150. The van der Waals surface area contributed by atoms with Gasteiger partial charge in [-0.3, -0.25) is 14.5 Å². The van der Waals surface area contributed by atoms with Crippen molar-refractivity contribution in [1.82, 2.24) is 14.5 Å². The summed E-state index contributed by atoms with van der Waals surface area (Å²) >= 11 is 0. The van der Waals surface area contributed by atoms with Gasteiger partial charge in [0.25, 0.3) is 11.8 Å². The van der Waals surface area contributed by atoms with Crippen molar-refractivity contribution < 1.29 is 23.9 Å². The molecule has 0 fully saturated rings. The van der Waals surface area contributed by atoms with Gasteiger partial charge in [-0.15, -0.1) is 0 Å². The van der Waals surface area contributed by atoms with Gasteiger partial charge in [0.15, 0.2) is 0 Å². The minimum atomic E-state index is -0.702. The van der Waals surface area contributed by atoms with E-state index in [-0.39, 0.29) is 24.8 Å². The smallest absolute Gasteiger partial charge is 0.334 e. The molecule has 1 aliphatic rings. The number of ether oxygens (including phenoxy) is 2. The molecule has 0 aliphatic carbocycles. The van der Waals surface area contributed by atoms with Gasteiger partial charge >= 0.3 is 5.97 Å². The molecule has 0 bridgehead atoms. The summed E-state index contributed by atoms with van der Waals surface area (Å²) in [4.78, 5) is 44.1. The zero-order chi connectivity index (χ0) is 26.0. The highest BCUT2D eigenvalue weighted by Gasteiger charge is 2.35. The standard InChI is InChI=1S/C28H29N3O5/c1-18-16-30(17-29-18)23-11-10-19(15-24(23)35-5)14-20(27(34)36-28(2,3)4)12-13-31-25(32)21-8-6-7-9-22(21)26(31)33/h6-11,14-17H,12-13H2,1-5H3/b20-14-. The Morgan fingerprint density at radius 1 is 1.06 bits per heavy atom. The van der Waals surface area contributed by atoms with Gasteiger partial charge in [0.05, 0.1) is 35.9 Å². The lowest BCUT2D eigenvalue weighted by Gasteiger charge is -2.21. The minimum Gasteiger partial charge on any atom is -0.495 e. The maximum absolute atomic E-state index is 13.1. The SMILES string of the molecule is COc1cc(/C=C(/CCN2C(=O)c3ccccc3C2=O)C(=O)OC(C)(C)C)ccc1-n1cnc(C)c1. The number of fused-ring (bicyclic) bond motifs is 1. The molecule has 0 unspecified atom stereocenters. The molecule has 3 aromatic rings. The Morgan fingerprint density at radius 2 is 1.72 bits per heavy atom. The van der Waals surface area contributed by atoms with Gasteiger partial charge in [-0.25, -0.2) is 9.78 Å². The Morgan fingerprint density at radius 3 is 2.28 bits per heavy atom. The van der Waals surface area contributed by atoms with Crippen LogP contribution in [0.1, 0.15) is 59.2 Å². The van der Waals surface area contributed by atoms with Gasteiger partial charge in [-0.05, 0) is 70.0 Å². The number of aromatic nitrogens is 2. The molecule has 186 valence electrons. The van der Waals surface area contributed by atoms with Crippen molar-refractivity contribution in [2.24, 2.45) is 0 Å². The van der Waals surface area contributed by atoms with Crippen molar-refractivity contribution >= 4 is 23.9 Å². The molecule has 1 aliphatic heterocycles. The molecule has 0 saturated heterocycles. The van der Waals surface area contributed by atoms with E-state index < -0.39 is 11.6 Å². The van der Waals surface area contributed by atoms with Gasteiger partial charge in [0.2, 0.25) is 0 Å². The number of imidazole rings is 1. The van der Waals surface area contributed by atoms with Crippen LogP contribution in [0.15, 0.2) is 60.6 Å². The fraction of sp³-hybridized carbons (Fsp3) is 0.286. The third kappa shape index (κ3) is 5.22. The Balaban J connectivity index is 1.62. The maximum atomic E-state index is 13.1. The number of amides is 2. The summed E-state index contributed by atoms with van der Waals surface area (Å²) in [5.41, 5.74) is 2.79. The van der Waals surface area contributed by atoms with Crippen LogP contribution < -0.4 is 4.74 Å². The molecule has 2 heterocycles. The average molecular weight is 488 g/mol. The van der Waals surface area contributed by atoms with Crippen LogP contribution in [0.25, 0.3) is 11.8 Å². The first-order chi connectivity index (χ1) is 17.1. The first kappa shape index (κ1) is 24.9. The number of hydrogen-bond donors (Lipinski definition) is 0. The Labute approximate surface area is 210 Å². The van der Waals surface area contributed by atoms with E-state index in [0.29, 0.717) is 22.4 Å². The van der Waals surface area contributed by atoms with Crippen LogP contribution in [-0.2, 0) is 9.53 Å². The number of aryl methyl sites for hydroxylation is 1. The monoisotopic (exact) mass is 487 g/mol. The normalized spacial score (nSPS) is 13.7. The third-order valence-corrected chi connectivity index (χ3v) is 5.68. The fourth-order valence-electron chi connectivity index (χ4n) is 4.00. The van der Waals surface area contributed by atoms with Gasteiger partial charge in [0.1, 0.15) is 11.4 Å². The summed E-state index contributed by atoms with van der Waals surface area (Å²) in [5, 5.41) is 0. The van der Waals surface area contributed by atoms with Crippen LogP contribution in [0.2, 0.25) is 0 Å². The average Bonchev–Trinajstić information content (AvgIpc) is 3.37. The molecule has 1 aromatic heterocycles. The fourth-order valence-corrected chi connectivity index (χ4v) is 4.00. The van der Waals surface area contributed by atoms with E-state index in [9.17, 15) is 14.4 Å². The van der Waals surface area contributed by atoms with Crippen LogP contribution in [-0.4, -0.2) is 51.5 Å². The first-order valence-corrected chi connectivity index (χ1v) is 11.7. The Hall–Kier alpha value is -4.20. The highest BCUT2D eigenvalue weighted by molar-refractivity contribution is 6.21. The Kier molecular flexibility index (Phi) is 6.79. The topological polar surface area (TPSA) is 90.7 Å². The van der Waals surface area contributed by atoms with E-state index in [0.717, 1.165) is 16.9 Å². The van der Waals surface area contributed by atoms with Gasteiger partial charge < -0.3 is 14.0 Å². The predicted molar refractivity (Wildman–Crippen MR) is 135 cm³/mol. The van der Waals surface area contributed by atoms with Crippen LogP contribution in [0.5, 0.6) is 5.75 Å². The zero-order valence-electron chi connectivity index (χ0n) is 21.1. The summed E-state index contributed by atoms with van der Waals surface area (Å²) < 4.78 is 13.1. The van der Waals surface area contributed by atoms with Gasteiger partial charge in [-0.2, -0.15) is 0 Å². The molecule has 4 rings (SSSR count). The second-order valence-electron chi connectivity index (χ2n) is 9.58. The molecule has 0 N–H and O–H groups in total. The number of carbonyl (C=O) groups is 3. The second-order valence-corrected chi connectivity index (χ2v) is 9.58. The molecule has 2 aromatic carbocycles. The van der Waals surface area contributed by atoms with Crippen molar-refractivity contribution in [3.05, 3.63) is 82.9 Å². The van der Waals surface area contributed by atoms with E-state index in [1.165, 1.54) is 4.90 Å². The minimum absolute atomic E-state index is 0.0565. The molecule has 0 radical (unpaired) electrons. The summed E-state index contributed by atoms with van der Waals surface area (Å²) in [7, 11) is 1.58. The number of hydrogen-bond acceptors (Lipinski definition) is 6. The lowest BCUT2D eigenvalue weighted by atomic mass is 10.1. The van der Waals surface area contributed by atoms with Gasteiger partial charge in [0, 0.05) is 18.3 Å². The number of methoxy groups -OCH3 is 1. The van der Waals surface area contributed by atoms with E-state index >= 15 is 0 Å². The molecular formula is C28H29N3O5. The highest BCUT2D eigenvalue weighted by atomic mass is 16.6. The number of rotatable bonds is 7. The third-order valence-electron chi connectivity index (χ3n) is 5.68. The number of benzene rings is 2. The van der Waals surface area contributed by atoms with Crippen LogP contribution in [0.3, 0.4) is 0 Å². The summed E-state index contributed by atoms with van der Waals surface area (Å²) in [6, 6.07) is 12.3. The number of esters is 1. The summed E-state index contributed by atoms with van der Waals surface area (Å²) in [6.07, 6.45) is 5.45. The molecule has 36 heavy (non-hydrogen) atoms. The van der Waals surface area contributed by atoms with Crippen LogP contribution in [0, 0.1) is 6.92 Å². The van der Waals surface area contributed by atoms with Crippen molar-refractivity contribution in [2.45, 2.75) is 39.7 Å². The predicted octanol–water partition coefficient (Wildman–Crippen LogP) is 4.60. The number of carbonyl (C=O) groups excluding carboxylic acids is 3. The molecule has 0 spiro atoms. The first-order valence-electron chi connectivity index (χ1n) is 11.7. The maximum Gasteiger partial charge on any atom is 0.334 e. The molecule has 8 nitrogen and oxygen atoms in total. The van der Waals surface area contributed by atoms with E-state index in [1.807, 2.05) is 35.9 Å². The van der Waals surface area contributed by atoms with E-state index in [2.05, 4.69) is 4.98 Å². The van der Waals surface area contributed by atoms with Crippen molar-refractivity contribution in [2.75, 3.05) is 13.7 Å². The van der Waals surface area contributed by atoms with Crippen molar-refractivity contribution in [3.8, 4) is 11.4 Å². The quantitative estimate of drug-likeness (QED) is 0.275. The molecule has 2 amide bonds. The van der Waals surface area contributed by atoms with Crippen LogP contribution in [0.4, 0.5) is 0 Å². The van der Waals surface area contributed by atoms with E-state index in [4.69, 9.17) is 9.47 Å². The summed E-state index contributed by atoms with van der Waals surface area (Å²) in [5.74, 6) is -0.626. The highest BCUT2D eigenvalue weighted by Crippen LogP contribution is 2.28. The Bertz CT molecular complexity index is 1330. The number of imide groups is 1. The molecule has 8 heteroatoms. The molecule has 0 saturated carbocycles. The van der Waals surface area contributed by atoms with Crippen LogP contribution >= 0.6 is 0 Å².